The van der Waals surface area contributed by atoms with E-state index in [9.17, 15) is 13.2 Å². The predicted molar refractivity (Wildman–Crippen MR) is 63.0 cm³/mol. The summed E-state index contributed by atoms with van der Waals surface area (Å²) in [5.74, 6) is -0.794. The fraction of sp³-hybridized carbons (Fsp3) is 0.417. The Hall–Kier alpha value is -1.36. The van der Waals surface area contributed by atoms with Crippen molar-refractivity contribution < 1.29 is 17.4 Å². The molecular weight excluding hydrogens is 240 g/mol. The lowest BCUT2D eigenvalue weighted by molar-refractivity contribution is 0.0744. The lowest BCUT2D eigenvalue weighted by Gasteiger charge is -2.10. The second kappa shape index (κ2) is 4.87. The Bertz CT molecular complexity index is 486. The topological polar surface area (TPSA) is 60.4 Å². The highest BCUT2D eigenvalue weighted by Crippen LogP contribution is 2.26. The van der Waals surface area contributed by atoms with Gasteiger partial charge in [0.2, 0.25) is 0 Å². The Morgan fingerprint density at radius 1 is 1.12 bits per heavy atom. The third-order valence-corrected chi connectivity index (χ3v) is 4.58. The smallest absolute Gasteiger partial charge is 0.341 e. The highest BCUT2D eigenvalue weighted by Gasteiger charge is 2.32. The molecule has 5 heteroatoms. The van der Waals surface area contributed by atoms with Gasteiger partial charge in [0.1, 0.15) is 0 Å². The third kappa shape index (κ3) is 2.85. The molecule has 0 amide bonds. The first-order valence-corrected chi connectivity index (χ1v) is 7.09. The normalized spacial score (nSPS) is 16.9. The molecule has 1 fully saturated rings. The van der Waals surface area contributed by atoms with E-state index in [4.69, 9.17) is 0 Å². The van der Waals surface area contributed by atoms with E-state index in [2.05, 4.69) is 4.18 Å². The monoisotopic (exact) mass is 254 g/mol. The summed E-state index contributed by atoms with van der Waals surface area (Å²) in [6, 6.07) is 8.15. The van der Waals surface area contributed by atoms with Crippen LogP contribution in [0.3, 0.4) is 0 Å². The summed E-state index contributed by atoms with van der Waals surface area (Å²) in [4.78, 5) is 11.6. The van der Waals surface area contributed by atoms with Gasteiger partial charge in [0.15, 0.2) is 0 Å². The number of hydrogen-bond donors (Lipinski definition) is 0. The molecule has 17 heavy (non-hydrogen) atoms. The third-order valence-electron chi connectivity index (χ3n) is 2.91. The van der Waals surface area contributed by atoms with Gasteiger partial charge in [-0.2, -0.15) is 8.42 Å². The van der Waals surface area contributed by atoms with Crippen LogP contribution < -0.4 is 0 Å². The van der Waals surface area contributed by atoms with Crippen molar-refractivity contribution in [2.45, 2.75) is 30.9 Å². The Morgan fingerprint density at radius 3 is 2.29 bits per heavy atom. The minimum Gasteiger partial charge on any atom is -0.341 e. The van der Waals surface area contributed by atoms with E-state index < -0.39 is 21.3 Å². The van der Waals surface area contributed by atoms with Gasteiger partial charge in [-0.3, -0.25) is 0 Å². The Labute approximate surface area is 101 Å². The molecule has 0 atom stereocenters. The van der Waals surface area contributed by atoms with Gasteiger partial charge in [-0.1, -0.05) is 31.0 Å². The summed E-state index contributed by atoms with van der Waals surface area (Å²) in [5.41, 5.74) is 0.258. The lowest BCUT2D eigenvalue weighted by atomic mass is 10.2. The second-order valence-electron chi connectivity index (χ2n) is 4.14. The van der Waals surface area contributed by atoms with Gasteiger partial charge in [-0.25, -0.2) is 4.79 Å². The molecule has 1 aliphatic carbocycles. The SMILES string of the molecule is O=C(OS(=O)(=O)C1CCCC1)c1ccccc1. The zero-order chi connectivity index (χ0) is 12.3. The van der Waals surface area contributed by atoms with E-state index in [0.717, 1.165) is 12.8 Å². The van der Waals surface area contributed by atoms with E-state index in [1.807, 2.05) is 0 Å². The molecule has 1 aliphatic rings. The number of rotatable bonds is 3. The number of carbonyl (C=O) groups is 1. The Balaban J connectivity index is 2.08. The van der Waals surface area contributed by atoms with Crippen LogP contribution in [0.1, 0.15) is 36.0 Å². The van der Waals surface area contributed by atoms with E-state index in [-0.39, 0.29) is 5.56 Å². The molecule has 0 radical (unpaired) electrons. The van der Waals surface area contributed by atoms with Crippen LogP contribution in [0.4, 0.5) is 0 Å². The highest BCUT2D eigenvalue weighted by atomic mass is 32.2. The summed E-state index contributed by atoms with van der Waals surface area (Å²) < 4.78 is 28.2. The van der Waals surface area contributed by atoms with Crippen molar-refractivity contribution in [3.05, 3.63) is 35.9 Å². The molecule has 0 aromatic heterocycles. The minimum atomic E-state index is -3.76. The summed E-state index contributed by atoms with van der Waals surface area (Å²) in [6.45, 7) is 0. The summed E-state index contributed by atoms with van der Waals surface area (Å²) in [5, 5.41) is -0.518. The van der Waals surface area contributed by atoms with Gasteiger partial charge in [0, 0.05) is 0 Å². The van der Waals surface area contributed by atoms with Crippen molar-refractivity contribution in [1.82, 2.24) is 0 Å². The van der Waals surface area contributed by atoms with E-state index in [1.165, 1.54) is 12.1 Å². The van der Waals surface area contributed by atoms with Crippen molar-refractivity contribution in [2.75, 3.05) is 0 Å². The first kappa shape index (κ1) is 12.1. The van der Waals surface area contributed by atoms with Crippen LogP contribution in [0, 0.1) is 0 Å². The van der Waals surface area contributed by atoms with Crippen LogP contribution in [0.25, 0.3) is 0 Å². The van der Waals surface area contributed by atoms with Crippen LogP contribution in [0.5, 0.6) is 0 Å². The van der Waals surface area contributed by atoms with Crippen LogP contribution in [-0.4, -0.2) is 19.6 Å². The second-order valence-corrected chi connectivity index (χ2v) is 5.96. The zero-order valence-corrected chi connectivity index (χ0v) is 10.2. The first-order valence-electron chi connectivity index (χ1n) is 5.62. The van der Waals surface area contributed by atoms with Crippen LogP contribution in [-0.2, 0) is 14.3 Å². The van der Waals surface area contributed by atoms with Gasteiger partial charge in [-0.05, 0) is 25.0 Å². The fourth-order valence-corrected chi connectivity index (χ4v) is 3.33. The fourth-order valence-electron chi connectivity index (χ4n) is 1.97. The molecule has 4 nitrogen and oxygen atoms in total. The molecule has 0 aliphatic heterocycles. The maximum Gasteiger partial charge on any atom is 0.353 e. The van der Waals surface area contributed by atoms with Crippen molar-refractivity contribution in [2.24, 2.45) is 0 Å². The molecule has 1 saturated carbocycles. The van der Waals surface area contributed by atoms with Crippen LogP contribution >= 0.6 is 0 Å². The number of benzene rings is 1. The number of hydrogen-bond acceptors (Lipinski definition) is 4. The summed E-state index contributed by atoms with van der Waals surface area (Å²) in [7, 11) is -3.76. The number of carbonyl (C=O) groups excluding carboxylic acids is 1. The van der Waals surface area contributed by atoms with Gasteiger partial charge in [-0.15, -0.1) is 0 Å². The van der Waals surface area contributed by atoms with Crippen molar-refractivity contribution >= 4 is 16.1 Å². The van der Waals surface area contributed by atoms with E-state index in [0.29, 0.717) is 12.8 Å². The van der Waals surface area contributed by atoms with E-state index >= 15 is 0 Å². The minimum absolute atomic E-state index is 0.258. The van der Waals surface area contributed by atoms with Gasteiger partial charge < -0.3 is 4.18 Å². The summed E-state index contributed by atoms with van der Waals surface area (Å²) in [6.07, 6.45) is 2.94. The molecule has 0 spiro atoms. The van der Waals surface area contributed by atoms with Crippen LogP contribution in [0.2, 0.25) is 0 Å². The van der Waals surface area contributed by atoms with Crippen molar-refractivity contribution in [3.63, 3.8) is 0 Å². The largest absolute Gasteiger partial charge is 0.353 e. The van der Waals surface area contributed by atoms with Crippen LogP contribution in [0.15, 0.2) is 30.3 Å². The zero-order valence-electron chi connectivity index (χ0n) is 9.33. The average molecular weight is 254 g/mol. The molecule has 1 aromatic carbocycles. The Kier molecular flexibility index (Phi) is 3.47. The Morgan fingerprint density at radius 2 is 1.71 bits per heavy atom. The highest BCUT2D eigenvalue weighted by molar-refractivity contribution is 7.87. The lowest BCUT2D eigenvalue weighted by Crippen LogP contribution is -2.23. The molecular formula is C12H14O4S. The van der Waals surface area contributed by atoms with Crippen molar-refractivity contribution in [3.8, 4) is 0 Å². The predicted octanol–water partition coefficient (Wildman–Crippen LogP) is 2.12. The standard InChI is InChI=1S/C12H14O4S/c13-12(10-6-2-1-3-7-10)16-17(14,15)11-8-4-5-9-11/h1-3,6-7,11H,4-5,8-9H2. The molecule has 92 valence electrons. The van der Waals surface area contributed by atoms with Gasteiger partial charge >= 0.3 is 16.1 Å². The quantitative estimate of drug-likeness (QED) is 0.775. The maximum atomic E-state index is 11.8. The molecule has 0 heterocycles. The summed E-state index contributed by atoms with van der Waals surface area (Å²) >= 11 is 0. The molecule has 0 bridgehead atoms. The van der Waals surface area contributed by atoms with Gasteiger partial charge in [0.25, 0.3) is 0 Å². The molecule has 0 N–H and O–H groups in total. The molecule has 0 unspecified atom stereocenters. The maximum absolute atomic E-state index is 11.8. The average Bonchev–Trinajstić information content (AvgIpc) is 2.84. The van der Waals surface area contributed by atoms with Crippen molar-refractivity contribution in [1.29, 1.82) is 0 Å². The molecule has 1 aromatic rings. The first-order chi connectivity index (χ1) is 8.09. The molecule has 2 rings (SSSR count). The van der Waals surface area contributed by atoms with Gasteiger partial charge in [0.05, 0.1) is 10.8 Å². The van der Waals surface area contributed by atoms with E-state index in [1.54, 1.807) is 18.2 Å². The molecule has 0 saturated heterocycles.